The van der Waals surface area contributed by atoms with Crippen LogP contribution in [-0.4, -0.2) is 45.4 Å². The second kappa shape index (κ2) is 7.62. The van der Waals surface area contributed by atoms with Gasteiger partial charge in [0.1, 0.15) is 0 Å². The highest BCUT2D eigenvalue weighted by Crippen LogP contribution is 2.37. The fourth-order valence-corrected chi connectivity index (χ4v) is 3.51. The fraction of sp³-hybridized carbons (Fsp3) is 0.632. The second-order valence-electron chi connectivity index (χ2n) is 7.21. The van der Waals surface area contributed by atoms with Gasteiger partial charge in [-0.2, -0.15) is 0 Å². The van der Waals surface area contributed by atoms with Gasteiger partial charge >= 0.3 is 0 Å². The number of hydrogen-bond donors (Lipinski definition) is 0. The molecule has 2 aromatic heterocycles. The molecule has 1 aliphatic carbocycles. The van der Waals surface area contributed by atoms with E-state index in [1.165, 1.54) is 25.7 Å². The van der Waals surface area contributed by atoms with Gasteiger partial charge < -0.3 is 9.15 Å². The average Bonchev–Trinajstić information content (AvgIpc) is 3.40. The topological polar surface area (TPSA) is 64.3 Å². The molecule has 2 aromatic rings. The molecule has 2 aliphatic rings. The van der Waals surface area contributed by atoms with Crippen molar-refractivity contribution in [3.05, 3.63) is 30.4 Å². The minimum absolute atomic E-state index is 0.333. The first-order chi connectivity index (χ1) is 12.3. The van der Waals surface area contributed by atoms with Crippen LogP contribution in [0.1, 0.15) is 44.9 Å². The first kappa shape index (κ1) is 16.7. The number of morpholine rings is 1. The Labute approximate surface area is 148 Å². The van der Waals surface area contributed by atoms with Gasteiger partial charge in [0.05, 0.1) is 24.3 Å². The highest BCUT2D eigenvalue weighted by Gasteiger charge is 2.38. The van der Waals surface area contributed by atoms with E-state index in [2.05, 4.69) is 27.0 Å². The van der Waals surface area contributed by atoms with Crippen LogP contribution in [-0.2, 0) is 11.3 Å². The summed E-state index contributed by atoms with van der Waals surface area (Å²) in [4.78, 5) is 6.53. The lowest BCUT2D eigenvalue weighted by atomic mass is 10.1. The molecule has 0 radical (unpaired) electrons. The lowest BCUT2D eigenvalue weighted by Crippen LogP contribution is -2.48. The third-order valence-corrected chi connectivity index (χ3v) is 5.03. The minimum atomic E-state index is 0.333. The van der Waals surface area contributed by atoms with E-state index < -0.39 is 0 Å². The summed E-state index contributed by atoms with van der Waals surface area (Å²) in [7, 11) is 0. The minimum Gasteiger partial charge on any atom is -0.419 e. The highest BCUT2D eigenvalue weighted by atomic mass is 16.5. The highest BCUT2D eigenvalue weighted by molar-refractivity contribution is 5.49. The van der Waals surface area contributed by atoms with Gasteiger partial charge in [0.25, 0.3) is 0 Å². The van der Waals surface area contributed by atoms with Crippen molar-refractivity contribution in [2.75, 3.05) is 13.1 Å². The molecule has 0 aromatic carbocycles. The van der Waals surface area contributed by atoms with E-state index >= 15 is 0 Å². The van der Waals surface area contributed by atoms with Crippen LogP contribution in [0.3, 0.4) is 0 Å². The summed E-state index contributed by atoms with van der Waals surface area (Å²) in [5.74, 6) is 1.96. The van der Waals surface area contributed by atoms with Gasteiger partial charge in [-0.05, 0) is 37.3 Å². The van der Waals surface area contributed by atoms with E-state index in [1.807, 2.05) is 12.1 Å². The molecule has 2 fully saturated rings. The molecule has 1 saturated carbocycles. The SMILES string of the molecule is CCCC[C@@H]1CN(Cc2nnc(-c3cccnc3)o2)C[C@H](C2CC2)O1. The van der Waals surface area contributed by atoms with Gasteiger partial charge in [-0.3, -0.25) is 9.88 Å². The smallest absolute Gasteiger partial charge is 0.249 e. The number of aromatic nitrogens is 3. The summed E-state index contributed by atoms with van der Waals surface area (Å²) in [6, 6.07) is 3.81. The lowest BCUT2D eigenvalue weighted by molar-refractivity contribution is -0.101. The molecule has 0 bridgehead atoms. The summed E-state index contributed by atoms with van der Waals surface area (Å²) in [6.45, 7) is 4.85. The summed E-state index contributed by atoms with van der Waals surface area (Å²) >= 11 is 0. The molecule has 4 rings (SSSR count). The van der Waals surface area contributed by atoms with Crippen molar-refractivity contribution in [3.8, 4) is 11.5 Å². The lowest BCUT2D eigenvalue weighted by Gasteiger charge is -2.38. The molecule has 25 heavy (non-hydrogen) atoms. The number of nitrogens with zero attached hydrogens (tertiary/aromatic N) is 4. The second-order valence-corrected chi connectivity index (χ2v) is 7.21. The maximum Gasteiger partial charge on any atom is 0.249 e. The van der Waals surface area contributed by atoms with Gasteiger partial charge in [0, 0.05) is 25.5 Å². The Morgan fingerprint density at radius 1 is 1.24 bits per heavy atom. The van der Waals surface area contributed by atoms with Crippen molar-refractivity contribution in [1.29, 1.82) is 0 Å². The summed E-state index contributed by atoms with van der Waals surface area (Å²) < 4.78 is 12.2. The summed E-state index contributed by atoms with van der Waals surface area (Å²) in [5.41, 5.74) is 0.861. The Morgan fingerprint density at radius 2 is 2.16 bits per heavy atom. The van der Waals surface area contributed by atoms with Crippen molar-refractivity contribution in [2.24, 2.45) is 5.92 Å². The first-order valence-electron chi connectivity index (χ1n) is 9.42. The van der Waals surface area contributed by atoms with E-state index in [-0.39, 0.29) is 0 Å². The molecule has 6 nitrogen and oxygen atoms in total. The van der Waals surface area contributed by atoms with Crippen LogP contribution in [0.25, 0.3) is 11.5 Å². The van der Waals surface area contributed by atoms with E-state index in [0.717, 1.165) is 31.0 Å². The Balaban J connectivity index is 1.41. The predicted octanol–water partition coefficient (Wildman–Crippen LogP) is 3.30. The Kier molecular flexibility index (Phi) is 5.08. The van der Waals surface area contributed by atoms with E-state index in [0.29, 0.717) is 30.5 Å². The average molecular weight is 342 g/mol. The zero-order valence-electron chi connectivity index (χ0n) is 14.8. The summed E-state index contributed by atoms with van der Waals surface area (Å²) in [6.07, 6.45) is 10.4. The number of hydrogen-bond acceptors (Lipinski definition) is 6. The molecule has 1 saturated heterocycles. The molecule has 0 unspecified atom stereocenters. The van der Waals surface area contributed by atoms with Gasteiger partial charge in [-0.25, -0.2) is 0 Å². The number of pyridine rings is 1. The largest absolute Gasteiger partial charge is 0.419 e. The molecule has 2 atom stereocenters. The van der Waals surface area contributed by atoms with Gasteiger partial charge in [-0.15, -0.1) is 10.2 Å². The van der Waals surface area contributed by atoms with Gasteiger partial charge in [-0.1, -0.05) is 19.8 Å². The van der Waals surface area contributed by atoms with Crippen molar-refractivity contribution in [1.82, 2.24) is 20.1 Å². The van der Waals surface area contributed by atoms with Crippen LogP contribution in [0.4, 0.5) is 0 Å². The van der Waals surface area contributed by atoms with E-state index in [1.54, 1.807) is 12.4 Å². The molecular formula is C19H26N4O2. The van der Waals surface area contributed by atoms with E-state index in [4.69, 9.17) is 9.15 Å². The molecular weight excluding hydrogens is 316 g/mol. The zero-order valence-corrected chi connectivity index (χ0v) is 14.8. The molecule has 1 aliphatic heterocycles. The van der Waals surface area contributed by atoms with Crippen molar-refractivity contribution in [3.63, 3.8) is 0 Å². The van der Waals surface area contributed by atoms with Crippen LogP contribution in [0.15, 0.2) is 28.9 Å². The van der Waals surface area contributed by atoms with Crippen LogP contribution in [0.5, 0.6) is 0 Å². The zero-order chi connectivity index (χ0) is 17.1. The molecule has 6 heteroatoms. The maximum absolute atomic E-state index is 6.34. The molecule has 3 heterocycles. The predicted molar refractivity (Wildman–Crippen MR) is 93.7 cm³/mol. The summed E-state index contributed by atoms with van der Waals surface area (Å²) in [5, 5.41) is 8.40. The Bertz CT molecular complexity index is 671. The quantitative estimate of drug-likeness (QED) is 0.769. The Hall–Kier alpha value is -1.79. The fourth-order valence-electron chi connectivity index (χ4n) is 3.51. The van der Waals surface area contributed by atoms with Crippen molar-refractivity contribution < 1.29 is 9.15 Å². The molecule has 0 spiro atoms. The standard InChI is InChI=1S/C19H26N4O2/c1-2-3-6-16-11-23(12-17(24-16)14-7-8-14)13-18-21-22-19(25-18)15-5-4-9-20-10-15/h4-5,9-10,14,16-17H,2-3,6-8,11-13H2,1H3/t16-,17-/m1/s1. The van der Waals surface area contributed by atoms with Crippen LogP contribution < -0.4 is 0 Å². The number of ether oxygens (including phenoxy) is 1. The Morgan fingerprint density at radius 3 is 2.92 bits per heavy atom. The maximum atomic E-state index is 6.34. The third kappa shape index (κ3) is 4.25. The molecule has 0 amide bonds. The van der Waals surface area contributed by atoms with Gasteiger partial charge in [0.2, 0.25) is 11.8 Å². The van der Waals surface area contributed by atoms with E-state index in [9.17, 15) is 0 Å². The van der Waals surface area contributed by atoms with Crippen LogP contribution >= 0.6 is 0 Å². The number of rotatable bonds is 7. The molecule has 134 valence electrons. The first-order valence-corrected chi connectivity index (χ1v) is 9.42. The van der Waals surface area contributed by atoms with Crippen molar-refractivity contribution in [2.45, 2.75) is 57.8 Å². The normalized spacial score (nSPS) is 24.5. The van der Waals surface area contributed by atoms with Crippen LogP contribution in [0, 0.1) is 5.92 Å². The van der Waals surface area contributed by atoms with Gasteiger partial charge in [0.15, 0.2) is 0 Å². The molecule has 0 N–H and O–H groups in total. The van der Waals surface area contributed by atoms with Crippen LogP contribution in [0.2, 0.25) is 0 Å². The number of unbranched alkanes of at least 4 members (excludes halogenated alkanes) is 1. The monoisotopic (exact) mass is 342 g/mol. The van der Waals surface area contributed by atoms with Crippen molar-refractivity contribution >= 4 is 0 Å². The third-order valence-electron chi connectivity index (χ3n) is 5.03.